The fraction of sp³-hybridized carbons (Fsp3) is 0.316. The fourth-order valence-electron chi connectivity index (χ4n) is 2.54. The summed E-state index contributed by atoms with van der Waals surface area (Å²) in [5.74, 6) is 2.51. The van der Waals surface area contributed by atoms with Crippen LogP contribution in [0.25, 0.3) is 11.5 Å². The van der Waals surface area contributed by atoms with Gasteiger partial charge in [0.2, 0.25) is 5.91 Å². The molecular formula is C19H21N3O5S. The number of nitrogens with zero attached hydrogens (tertiary/aromatic N) is 2. The van der Waals surface area contributed by atoms with Gasteiger partial charge in [-0.25, -0.2) is 0 Å². The van der Waals surface area contributed by atoms with Crippen LogP contribution in [0.4, 0.5) is 0 Å². The lowest BCUT2D eigenvalue weighted by Crippen LogP contribution is -2.27. The molecule has 0 aliphatic heterocycles. The van der Waals surface area contributed by atoms with Crippen LogP contribution in [0.15, 0.2) is 44.6 Å². The van der Waals surface area contributed by atoms with Gasteiger partial charge >= 0.3 is 0 Å². The van der Waals surface area contributed by atoms with Gasteiger partial charge in [0.05, 0.1) is 31.8 Å². The number of nitrogens with one attached hydrogen (secondary N) is 1. The molecule has 0 radical (unpaired) electrons. The molecule has 8 nitrogen and oxygen atoms in total. The second-order valence-corrected chi connectivity index (χ2v) is 6.77. The Morgan fingerprint density at radius 3 is 2.71 bits per heavy atom. The van der Waals surface area contributed by atoms with Gasteiger partial charge in [-0.1, -0.05) is 17.8 Å². The third-order valence-electron chi connectivity index (χ3n) is 4.01. The van der Waals surface area contributed by atoms with Crippen molar-refractivity contribution in [1.29, 1.82) is 0 Å². The van der Waals surface area contributed by atoms with E-state index in [-0.39, 0.29) is 11.7 Å². The monoisotopic (exact) mass is 403 g/mol. The standard InChI is InChI=1S/C19H21N3O5S/c1-12-14(7-9-26-12)18-21-22-19(27-18)28-11-17(23)20-8-6-13-4-5-15(24-2)16(10-13)25-3/h4-5,7,9-10H,6,8,11H2,1-3H3,(H,20,23). The topological polar surface area (TPSA) is 99.6 Å². The van der Waals surface area contributed by atoms with E-state index in [0.717, 1.165) is 11.1 Å². The number of carbonyl (C=O) groups excluding carboxylic acids is 1. The van der Waals surface area contributed by atoms with Gasteiger partial charge < -0.3 is 23.6 Å². The summed E-state index contributed by atoms with van der Waals surface area (Å²) in [6, 6.07) is 7.45. The molecule has 1 N–H and O–H groups in total. The molecule has 0 saturated heterocycles. The van der Waals surface area contributed by atoms with E-state index in [0.29, 0.717) is 41.3 Å². The van der Waals surface area contributed by atoms with Crippen LogP contribution >= 0.6 is 11.8 Å². The number of hydrogen-bond donors (Lipinski definition) is 1. The number of thioether (sulfide) groups is 1. The lowest BCUT2D eigenvalue weighted by molar-refractivity contribution is -0.118. The predicted molar refractivity (Wildman–Crippen MR) is 104 cm³/mol. The average Bonchev–Trinajstić information content (AvgIpc) is 3.34. The number of hydrogen-bond acceptors (Lipinski definition) is 8. The zero-order valence-electron chi connectivity index (χ0n) is 15.9. The highest BCUT2D eigenvalue weighted by Gasteiger charge is 2.14. The summed E-state index contributed by atoms with van der Waals surface area (Å²) in [4.78, 5) is 12.0. The van der Waals surface area contributed by atoms with Crippen molar-refractivity contribution in [2.75, 3.05) is 26.5 Å². The number of aromatic nitrogens is 2. The minimum Gasteiger partial charge on any atom is -0.493 e. The van der Waals surface area contributed by atoms with Crippen molar-refractivity contribution in [1.82, 2.24) is 15.5 Å². The summed E-state index contributed by atoms with van der Waals surface area (Å²) < 4.78 is 21.3. The smallest absolute Gasteiger partial charge is 0.277 e. The van der Waals surface area contributed by atoms with Gasteiger partial charge in [-0.15, -0.1) is 10.2 Å². The van der Waals surface area contributed by atoms with Gasteiger partial charge in [0.25, 0.3) is 11.1 Å². The maximum atomic E-state index is 12.0. The number of carbonyl (C=O) groups is 1. The Balaban J connectivity index is 1.44. The molecule has 28 heavy (non-hydrogen) atoms. The van der Waals surface area contributed by atoms with Gasteiger partial charge in [0.15, 0.2) is 11.5 Å². The third kappa shape index (κ3) is 4.86. The first-order valence-corrected chi connectivity index (χ1v) is 9.57. The summed E-state index contributed by atoms with van der Waals surface area (Å²) in [6.07, 6.45) is 2.24. The molecule has 2 heterocycles. The highest BCUT2D eigenvalue weighted by molar-refractivity contribution is 7.99. The molecule has 0 aliphatic rings. The quantitative estimate of drug-likeness (QED) is 0.544. The van der Waals surface area contributed by atoms with Gasteiger partial charge in [0, 0.05) is 6.54 Å². The number of amides is 1. The Bertz CT molecular complexity index is 937. The van der Waals surface area contributed by atoms with Crippen LogP contribution in [0, 0.1) is 6.92 Å². The number of benzene rings is 1. The maximum Gasteiger partial charge on any atom is 0.277 e. The Labute approximate surface area is 166 Å². The highest BCUT2D eigenvalue weighted by Crippen LogP contribution is 2.28. The molecule has 0 atom stereocenters. The van der Waals surface area contributed by atoms with E-state index >= 15 is 0 Å². The average molecular weight is 403 g/mol. The zero-order chi connectivity index (χ0) is 19.9. The molecule has 0 fully saturated rings. The lowest BCUT2D eigenvalue weighted by Gasteiger charge is -2.10. The molecule has 1 amide bonds. The minimum atomic E-state index is -0.107. The molecule has 3 aromatic rings. The van der Waals surface area contributed by atoms with Crippen LogP contribution in [0.1, 0.15) is 11.3 Å². The number of aryl methyl sites for hydroxylation is 1. The van der Waals surface area contributed by atoms with Crippen LogP contribution in [0.2, 0.25) is 0 Å². The maximum absolute atomic E-state index is 12.0. The largest absolute Gasteiger partial charge is 0.493 e. The van der Waals surface area contributed by atoms with Gasteiger partial charge in [-0.05, 0) is 37.1 Å². The second kappa shape index (κ2) is 9.32. The van der Waals surface area contributed by atoms with Crippen LogP contribution in [0.5, 0.6) is 11.5 Å². The van der Waals surface area contributed by atoms with Crippen molar-refractivity contribution in [2.45, 2.75) is 18.6 Å². The number of ether oxygens (including phenoxy) is 2. The van der Waals surface area contributed by atoms with Crippen molar-refractivity contribution in [2.24, 2.45) is 0 Å². The van der Waals surface area contributed by atoms with E-state index < -0.39 is 0 Å². The fourth-order valence-corrected chi connectivity index (χ4v) is 3.14. The Morgan fingerprint density at radius 2 is 2.00 bits per heavy atom. The van der Waals surface area contributed by atoms with Gasteiger partial charge in [0.1, 0.15) is 5.76 Å². The van der Waals surface area contributed by atoms with Gasteiger partial charge in [-0.3, -0.25) is 4.79 Å². The molecule has 3 rings (SSSR count). The molecule has 2 aromatic heterocycles. The Hall–Kier alpha value is -2.94. The van der Waals surface area contributed by atoms with Crippen molar-refractivity contribution < 1.29 is 23.1 Å². The number of methoxy groups -OCH3 is 2. The first-order chi connectivity index (χ1) is 13.6. The zero-order valence-corrected chi connectivity index (χ0v) is 16.7. The van der Waals surface area contributed by atoms with Gasteiger partial charge in [-0.2, -0.15) is 0 Å². The summed E-state index contributed by atoms with van der Waals surface area (Å²) in [6.45, 7) is 2.33. The van der Waals surface area contributed by atoms with Crippen molar-refractivity contribution >= 4 is 17.7 Å². The minimum absolute atomic E-state index is 0.107. The first kappa shape index (κ1) is 19.8. The predicted octanol–water partition coefficient (Wildman–Crippen LogP) is 3.11. The second-order valence-electron chi connectivity index (χ2n) is 5.84. The molecular weight excluding hydrogens is 382 g/mol. The molecule has 0 bridgehead atoms. The molecule has 148 valence electrons. The highest BCUT2D eigenvalue weighted by atomic mass is 32.2. The SMILES string of the molecule is COc1ccc(CCNC(=O)CSc2nnc(-c3ccoc3C)o2)cc1OC. The molecule has 1 aromatic carbocycles. The van der Waals surface area contributed by atoms with Crippen molar-refractivity contribution in [3.63, 3.8) is 0 Å². The molecule has 0 spiro atoms. The molecule has 9 heteroatoms. The van der Waals surface area contributed by atoms with Crippen LogP contribution in [-0.2, 0) is 11.2 Å². The van der Waals surface area contributed by atoms with E-state index in [1.807, 2.05) is 25.1 Å². The lowest BCUT2D eigenvalue weighted by atomic mass is 10.1. The van der Waals surface area contributed by atoms with E-state index in [1.54, 1.807) is 26.5 Å². The van der Waals surface area contributed by atoms with E-state index in [1.165, 1.54) is 11.8 Å². The van der Waals surface area contributed by atoms with E-state index in [9.17, 15) is 4.79 Å². The molecule has 0 saturated carbocycles. The van der Waals surface area contributed by atoms with E-state index in [4.69, 9.17) is 18.3 Å². The summed E-state index contributed by atoms with van der Waals surface area (Å²) >= 11 is 1.19. The Morgan fingerprint density at radius 1 is 1.18 bits per heavy atom. The normalized spacial score (nSPS) is 10.7. The first-order valence-electron chi connectivity index (χ1n) is 8.59. The van der Waals surface area contributed by atoms with Crippen molar-refractivity contribution in [3.05, 3.63) is 41.9 Å². The third-order valence-corrected chi connectivity index (χ3v) is 4.82. The number of rotatable bonds is 9. The molecule has 0 unspecified atom stereocenters. The van der Waals surface area contributed by atoms with E-state index in [2.05, 4.69) is 15.5 Å². The number of furan rings is 1. The summed E-state index contributed by atoms with van der Waals surface area (Å²) in [7, 11) is 3.19. The molecule has 0 aliphatic carbocycles. The summed E-state index contributed by atoms with van der Waals surface area (Å²) in [5, 5.41) is 11.1. The van der Waals surface area contributed by atoms with Crippen LogP contribution in [-0.4, -0.2) is 42.6 Å². The Kier molecular flexibility index (Phi) is 6.59. The van der Waals surface area contributed by atoms with Crippen LogP contribution in [0.3, 0.4) is 0 Å². The van der Waals surface area contributed by atoms with Crippen LogP contribution < -0.4 is 14.8 Å². The summed E-state index contributed by atoms with van der Waals surface area (Å²) in [5.41, 5.74) is 1.79. The van der Waals surface area contributed by atoms with Crippen molar-refractivity contribution in [3.8, 4) is 23.0 Å².